The summed E-state index contributed by atoms with van der Waals surface area (Å²) in [5, 5.41) is 36.7. The van der Waals surface area contributed by atoms with Crippen LogP contribution in [0.1, 0.15) is 0 Å². The number of hydrogen-bond donors (Lipinski definition) is 4. The molecule has 36 heavy (non-hydrogen) atoms. The first kappa shape index (κ1) is 24.7. The highest BCUT2D eigenvalue weighted by Crippen LogP contribution is 2.43. The van der Waals surface area contributed by atoms with E-state index in [1.165, 1.54) is 30.3 Å². The fourth-order valence-corrected chi connectivity index (χ4v) is 3.94. The van der Waals surface area contributed by atoms with Crippen molar-refractivity contribution in [3.63, 3.8) is 0 Å². The fourth-order valence-electron chi connectivity index (χ4n) is 3.28. The summed E-state index contributed by atoms with van der Waals surface area (Å²) in [7, 11) is -4.76. The van der Waals surface area contributed by atoms with Crippen LogP contribution in [0, 0.1) is 0 Å². The first-order chi connectivity index (χ1) is 17.3. The Hall–Kier alpha value is -4.39. The molecule has 0 radical (unpaired) electrons. The van der Waals surface area contributed by atoms with E-state index in [1.54, 1.807) is 18.2 Å². The van der Waals surface area contributed by atoms with Crippen LogP contribution in [0.4, 0.5) is 28.4 Å². The average Bonchev–Trinajstić information content (AvgIpc) is 2.86. The molecule has 0 aromatic heterocycles. The zero-order valence-electron chi connectivity index (χ0n) is 18.7. The van der Waals surface area contributed by atoms with Crippen molar-refractivity contribution in [2.24, 2.45) is 20.5 Å². The number of phenolic OH excluding ortho intramolecular Hbond substituents is 1. The third kappa shape index (κ3) is 5.63. The van der Waals surface area contributed by atoms with Gasteiger partial charge in [-0.25, -0.2) is 0 Å². The second-order valence-corrected chi connectivity index (χ2v) is 8.88. The van der Waals surface area contributed by atoms with Crippen molar-refractivity contribution in [1.29, 1.82) is 0 Å². The molecule has 0 saturated heterocycles. The standard InChI is InChI=1S/C24H21N5O6S/c25-16-7-6-15-12-22(36(32,33)34)23(24(31)19(15)13-16)29-28-20-9-8-18(14-21(20)35-11-10-30)27-26-17-4-2-1-3-5-17/h1-9,12-14,30-31H,10-11,25H2,(H,32,33,34). The molecule has 4 aromatic rings. The Labute approximate surface area is 206 Å². The Morgan fingerprint density at radius 2 is 1.61 bits per heavy atom. The normalized spacial score (nSPS) is 12.1. The van der Waals surface area contributed by atoms with Crippen molar-refractivity contribution in [2.75, 3.05) is 18.9 Å². The molecule has 11 nitrogen and oxygen atoms in total. The van der Waals surface area contributed by atoms with Crippen molar-refractivity contribution < 1.29 is 27.9 Å². The summed E-state index contributed by atoms with van der Waals surface area (Å²) in [5.74, 6) is -0.350. The van der Waals surface area contributed by atoms with Crippen molar-refractivity contribution in [3.05, 3.63) is 72.8 Å². The third-order valence-corrected chi connectivity index (χ3v) is 5.81. The fraction of sp³-hybridized carbons (Fsp3) is 0.0833. The van der Waals surface area contributed by atoms with Gasteiger partial charge in [-0.1, -0.05) is 24.3 Å². The molecule has 0 aliphatic heterocycles. The van der Waals surface area contributed by atoms with Gasteiger partial charge >= 0.3 is 0 Å². The maximum absolute atomic E-state index is 12.0. The van der Waals surface area contributed by atoms with Crippen LogP contribution in [0.2, 0.25) is 0 Å². The lowest BCUT2D eigenvalue weighted by Crippen LogP contribution is -2.01. The van der Waals surface area contributed by atoms with Gasteiger partial charge in [0.15, 0.2) is 5.75 Å². The van der Waals surface area contributed by atoms with Gasteiger partial charge in [-0.2, -0.15) is 18.6 Å². The molecule has 12 heteroatoms. The van der Waals surface area contributed by atoms with Gasteiger partial charge in [-0.05, 0) is 47.9 Å². The molecule has 0 saturated carbocycles. The van der Waals surface area contributed by atoms with Gasteiger partial charge in [0.1, 0.15) is 28.6 Å². The third-order valence-electron chi connectivity index (χ3n) is 4.94. The predicted octanol–water partition coefficient (Wildman–Crippen LogP) is 5.58. The van der Waals surface area contributed by atoms with Gasteiger partial charge in [0.2, 0.25) is 0 Å². The second kappa shape index (κ2) is 10.5. The molecule has 0 bridgehead atoms. The summed E-state index contributed by atoms with van der Waals surface area (Å²) in [6.45, 7) is -0.329. The smallest absolute Gasteiger partial charge is 0.296 e. The molecular weight excluding hydrogens is 486 g/mol. The molecule has 0 fully saturated rings. The summed E-state index contributed by atoms with van der Waals surface area (Å²) < 4.78 is 39.3. The first-order valence-corrected chi connectivity index (χ1v) is 12.0. The van der Waals surface area contributed by atoms with E-state index in [-0.39, 0.29) is 30.0 Å². The Balaban J connectivity index is 1.77. The number of fused-ring (bicyclic) bond motifs is 1. The SMILES string of the molecule is Nc1ccc2cc(S(=O)(=O)O)c(N=Nc3ccc(N=Nc4ccccc4)cc3OCCO)c(O)c2c1. The summed E-state index contributed by atoms with van der Waals surface area (Å²) >= 11 is 0. The number of phenols is 1. The van der Waals surface area contributed by atoms with E-state index in [4.69, 9.17) is 10.5 Å². The van der Waals surface area contributed by atoms with E-state index in [2.05, 4.69) is 20.5 Å². The monoisotopic (exact) mass is 507 g/mol. The highest BCUT2D eigenvalue weighted by atomic mass is 32.2. The number of ether oxygens (including phenoxy) is 1. The molecule has 0 aliphatic carbocycles. The number of nitrogens with zero attached hydrogens (tertiary/aromatic N) is 4. The van der Waals surface area contributed by atoms with E-state index in [0.29, 0.717) is 22.4 Å². The van der Waals surface area contributed by atoms with Gasteiger partial charge in [0.25, 0.3) is 10.1 Å². The van der Waals surface area contributed by atoms with Crippen molar-refractivity contribution in [2.45, 2.75) is 4.90 Å². The minimum Gasteiger partial charge on any atom is -0.505 e. The number of nitrogens with two attached hydrogens (primary N) is 1. The molecular formula is C24H21N5O6S. The lowest BCUT2D eigenvalue weighted by atomic mass is 10.1. The molecule has 5 N–H and O–H groups in total. The molecule has 0 amide bonds. The number of azo groups is 2. The first-order valence-electron chi connectivity index (χ1n) is 10.5. The largest absolute Gasteiger partial charge is 0.505 e. The number of benzene rings is 4. The van der Waals surface area contributed by atoms with E-state index in [1.807, 2.05) is 18.2 Å². The molecule has 0 heterocycles. The number of hydrogen-bond acceptors (Lipinski definition) is 10. The molecule has 184 valence electrons. The molecule has 4 rings (SSSR count). The molecule has 0 spiro atoms. The Kier molecular flexibility index (Phi) is 7.20. The molecule has 4 aromatic carbocycles. The number of aromatic hydroxyl groups is 1. The summed E-state index contributed by atoms with van der Waals surface area (Å²) in [4.78, 5) is -0.632. The Morgan fingerprint density at radius 1 is 0.861 bits per heavy atom. The Morgan fingerprint density at radius 3 is 2.33 bits per heavy atom. The highest BCUT2D eigenvalue weighted by Gasteiger charge is 2.22. The van der Waals surface area contributed by atoms with Crippen LogP contribution in [-0.4, -0.2) is 36.4 Å². The maximum Gasteiger partial charge on any atom is 0.296 e. The van der Waals surface area contributed by atoms with Gasteiger partial charge in [0.05, 0.1) is 18.0 Å². The minimum atomic E-state index is -4.76. The van der Waals surface area contributed by atoms with Crippen LogP contribution in [0.15, 0.2) is 98.1 Å². The zero-order valence-corrected chi connectivity index (χ0v) is 19.5. The van der Waals surface area contributed by atoms with Crippen LogP contribution in [0.3, 0.4) is 0 Å². The number of aliphatic hydroxyl groups is 1. The van der Waals surface area contributed by atoms with Crippen LogP contribution < -0.4 is 10.5 Å². The van der Waals surface area contributed by atoms with Crippen molar-refractivity contribution in [3.8, 4) is 11.5 Å². The van der Waals surface area contributed by atoms with Gasteiger partial charge in [0, 0.05) is 17.1 Å². The van der Waals surface area contributed by atoms with Crippen molar-refractivity contribution in [1.82, 2.24) is 0 Å². The predicted molar refractivity (Wildman–Crippen MR) is 134 cm³/mol. The summed E-state index contributed by atoms with van der Waals surface area (Å²) in [6.07, 6.45) is 0. The highest BCUT2D eigenvalue weighted by molar-refractivity contribution is 7.86. The quantitative estimate of drug-likeness (QED) is 0.136. The minimum absolute atomic E-state index is 0.0570. The van der Waals surface area contributed by atoms with Gasteiger partial charge in [-0.15, -0.1) is 10.2 Å². The lowest BCUT2D eigenvalue weighted by molar-refractivity contribution is 0.202. The topological polar surface area (TPSA) is 180 Å². The van der Waals surface area contributed by atoms with Gasteiger partial charge in [-0.3, -0.25) is 4.55 Å². The number of anilines is 1. The summed E-state index contributed by atoms with van der Waals surface area (Å²) in [6, 6.07) is 19.3. The molecule has 0 aliphatic rings. The van der Waals surface area contributed by atoms with Crippen LogP contribution in [0.5, 0.6) is 11.5 Å². The van der Waals surface area contributed by atoms with Crippen LogP contribution >= 0.6 is 0 Å². The van der Waals surface area contributed by atoms with E-state index < -0.39 is 26.5 Å². The van der Waals surface area contributed by atoms with E-state index >= 15 is 0 Å². The zero-order chi connectivity index (χ0) is 25.7. The number of nitrogen functional groups attached to an aromatic ring is 1. The second-order valence-electron chi connectivity index (χ2n) is 7.49. The average molecular weight is 508 g/mol. The Bertz CT molecular complexity index is 1570. The lowest BCUT2D eigenvalue weighted by Gasteiger charge is -2.10. The maximum atomic E-state index is 12.0. The van der Waals surface area contributed by atoms with Crippen LogP contribution in [-0.2, 0) is 10.1 Å². The molecule has 0 unspecified atom stereocenters. The number of aliphatic hydroxyl groups excluding tert-OH is 1. The van der Waals surface area contributed by atoms with Gasteiger partial charge < -0.3 is 20.7 Å². The van der Waals surface area contributed by atoms with Crippen molar-refractivity contribution >= 4 is 49.3 Å². The molecule has 0 atom stereocenters. The van der Waals surface area contributed by atoms with E-state index in [0.717, 1.165) is 6.07 Å². The van der Waals surface area contributed by atoms with E-state index in [9.17, 15) is 23.2 Å². The number of rotatable bonds is 8. The van der Waals surface area contributed by atoms with Crippen LogP contribution in [0.25, 0.3) is 10.8 Å². The summed E-state index contributed by atoms with van der Waals surface area (Å²) in [5.41, 5.74) is 6.86.